The molecule has 2 aromatic carbocycles. The third-order valence-electron chi connectivity index (χ3n) is 3.46. The van der Waals surface area contributed by atoms with Crippen molar-refractivity contribution in [1.82, 2.24) is 5.43 Å². The van der Waals surface area contributed by atoms with E-state index in [0.717, 1.165) is 5.56 Å². The molecule has 0 saturated carbocycles. The lowest BCUT2D eigenvalue weighted by molar-refractivity contribution is -0.123. The summed E-state index contributed by atoms with van der Waals surface area (Å²) in [6.45, 7) is 6.22. The van der Waals surface area contributed by atoms with Crippen LogP contribution in [0.3, 0.4) is 0 Å². The second-order valence-corrected chi connectivity index (χ2v) is 5.47. The summed E-state index contributed by atoms with van der Waals surface area (Å²) in [7, 11) is 1.54. The van der Waals surface area contributed by atoms with Crippen LogP contribution in [0.15, 0.2) is 60.2 Å². The summed E-state index contributed by atoms with van der Waals surface area (Å²) in [4.78, 5) is 11.9. The first-order valence-corrected chi connectivity index (χ1v) is 8.76. The van der Waals surface area contributed by atoms with Crippen LogP contribution in [0.25, 0.3) is 0 Å². The summed E-state index contributed by atoms with van der Waals surface area (Å²) in [6, 6.07) is 12.5. The molecule has 28 heavy (non-hydrogen) atoms. The van der Waals surface area contributed by atoms with E-state index < -0.39 is 5.91 Å². The van der Waals surface area contributed by atoms with Gasteiger partial charge in [0.05, 0.1) is 19.9 Å². The fourth-order valence-electron chi connectivity index (χ4n) is 2.23. The number of rotatable bonds is 11. The van der Waals surface area contributed by atoms with Crippen LogP contribution in [0.5, 0.6) is 23.0 Å². The summed E-state index contributed by atoms with van der Waals surface area (Å²) >= 11 is 0. The molecule has 0 atom stereocenters. The molecule has 0 heterocycles. The number of amides is 1. The van der Waals surface area contributed by atoms with E-state index in [4.69, 9.17) is 18.9 Å². The molecular formula is C21H24N2O5. The van der Waals surface area contributed by atoms with Crippen molar-refractivity contribution in [3.63, 3.8) is 0 Å². The largest absolute Gasteiger partial charge is 0.493 e. The van der Waals surface area contributed by atoms with Gasteiger partial charge in [0.1, 0.15) is 6.61 Å². The van der Waals surface area contributed by atoms with Gasteiger partial charge in [0.2, 0.25) is 0 Å². The van der Waals surface area contributed by atoms with Gasteiger partial charge in [0.15, 0.2) is 29.6 Å². The molecule has 0 aromatic heterocycles. The Kier molecular flexibility index (Phi) is 8.39. The first kappa shape index (κ1) is 20.8. The third kappa shape index (κ3) is 6.35. The number of hydrazone groups is 1. The molecule has 0 spiro atoms. The highest BCUT2D eigenvalue weighted by Gasteiger charge is 2.07. The molecule has 7 nitrogen and oxygen atoms in total. The molecule has 1 N–H and O–H groups in total. The quantitative estimate of drug-likeness (QED) is 0.366. The summed E-state index contributed by atoms with van der Waals surface area (Å²) in [5.41, 5.74) is 3.17. The highest BCUT2D eigenvalue weighted by atomic mass is 16.5. The van der Waals surface area contributed by atoms with Gasteiger partial charge in [0, 0.05) is 0 Å². The Morgan fingerprint density at radius 3 is 2.54 bits per heavy atom. The minimum Gasteiger partial charge on any atom is -0.493 e. The zero-order chi connectivity index (χ0) is 20.2. The highest BCUT2D eigenvalue weighted by Crippen LogP contribution is 2.28. The summed E-state index contributed by atoms with van der Waals surface area (Å²) in [5, 5.41) is 3.94. The smallest absolute Gasteiger partial charge is 0.277 e. The van der Waals surface area contributed by atoms with Crippen LogP contribution in [0.4, 0.5) is 0 Å². The first-order chi connectivity index (χ1) is 13.7. The van der Waals surface area contributed by atoms with Crippen molar-refractivity contribution >= 4 is 12.1 Å². The number of carbonyl (C=O) groups is 1. The average molecular weight is 384 g/mol. The molecule has 0 saturated heterocycles. The van der Waals surface area contributed by atoms with E-state index in [-0.39, 0.29) is 6.61 Å². The van der Waals surface area contributed by atoms with Gasteiger partial charge in [-0.2, -0.15) is 5.10 Å². The van der Waals surface area contributed by atoms with E-state index in [1.54, 1.807) is 36.4 Å². The van der Waals surface area contributed by atoms with Crippen molar-refractivity contribution in [1.29, 1.82) is 0 Å². The molecule has 7 heteroatoms. The predicted molar refractivity (Wildman–Crippen MR) is 108 cm³/mol. The number of hydrogen-bond donors (Lipinski definition) is 1. The second kappa shape index (κ2) is 11.3. The van der Waals surface area contributed by atoms with Crippen LogP contribution in [0.2, 0.25) is 0 Å². The Bertz CT molecular complexity index is 820. The van der Waals surface area contributed by atoms with Crippen LogP contribution in [0.1, 0.15) is 12.5 Å². The van der Waals surface area contributed by atoms with Crippen LogP contribution in [-0.4, -0.2) is 39.1 Å². The maximum Gasteiger partial charge on any atom is 0.277 e. The van der Waals surface area contributed by atoms with Crippen molar-refractivity contribution in [2.24, 2.45) is 5.10 Å². The topological polar surface area (TPSA) is 78.4 Å². The lowest BCUT2D eigenvalue weighted by Crippen LogP contribution is -2.24. The van der Waals surface area contributed by atoms with Crippen molar-refractivity contribution in [3.05, 3.63) is 60.7 Å². The maximum absolute atomic E-state index is 11.9. The van der Waals surface area contributed by atoms with Crippen molar-refractivity contribution < 1.29 is 23.7 Å². The van der Waals surface area contributed by atoms with Crippen molar-refractivity contribution in [2.75, 3.05) is 26.9 Å². The molecule has 0 bridgehead atoms. The molecule has 2 aromatic rings. The Balaban J connectivity index is 1.91. The molecule has 148 valence electrons. The van der Waals surface area contributed by atoms with E-state index in [2.05, 4.69) is 17.1 Å². The minimum absolute atomic E-state index is 0.184. The maximum atomic E-state index is 11.9. The van der Waals surface area contributed by atoms with Gasteiger partial charge in [-0.05, 0) is 42.8 Å². The molecule has 0 aliphatic heterocycles. The van der Waals surface area contributed by atoms with Crippen molar-refractivity contribution in [2.45, 2.75) is 6.92 Å². The van der Waals surface area contributed by atoms with Gasteiger partial charge >= 0.3 is 0 Å². The first-order valence-electron chi connectivity index (χ1n) is 8.76. The number of hydrogen-bond acceptors (Lipinski definition) is 6. The number of nitrogens with one attached hydrogen (secondary N) is 1. The molecule has 0 aliphatic carbocycles. The second-order valence-electron chi connectivity index (χ2n) is 5.47. The van der Waals surface area contributed by atoms with Gasteiger partial charge in [-0.15, -0.1) is 0 Å². The minimum atomic E-state index is -0.391. The number of methoxy groups -OCH3 is 1. The third-order valence-corrected chi connectivity index (χ3v) is 3.46. The standard InChI is InChI=1S/C21H24N2O5/c1-4-12-27-19-11-10-16(13-20(19)26-5-2)14-22-23-21(24)15-28-18-9-7-6-8-17(18)25-3/h4,6-11,13-14H,1,5,12,15H2,2-3H3,(H,23,24)/b22-14-. The van der Waals surface area contributed by atoms with Crippen LogP contribution in [-0.2, 0) is 4.79 Å². The van der Waals surface area contributed by atoms with E-state index in [1.807, 2.05) is 19.1 Å². The van der Waals surface area contributed by atoms with Gasteiger partial charge in [0.25, 0.3) is 5.91 Å². The molecule has 0 aliphatic rings. The Morgan fingerprint density at radius 1 is 1.07 bits per heavy atom. The molecule has 2 rings (SSSR count). The molecule has 0 unspecified atom stereocenters. The lowest BCUT2D eigenvalue weighted by atomic mass is 10.2. The van der Waals surface area contributed by atoms with E-state index >= 15 is 0 Å². The number of para-hydroxylation sites is 2. The molecule has 0 radical (unpaired) electrons. The molecular weight excluding hydrogens is 360 g/mol. The molecule has 0 fully saturated rings. The number of carbonyl (C=O) groups excluding carboxylic acids is 1. The van der Waals surface area contributed by atoms with Crippen LogP contribution in [0, 0.1) is 0 Å². The van der Waals surface area contributed by atoms with Crippen LogP contribution >= 0.6 is 0 Å². The van der Waals surface area contributed by atoms with Crippen molar-refractivity contribution in [3.8, 4) is 23.0 Å². The molecule has 1 amide bonds. The van der Waals surface area contributed by atoms with Gasteiger partial charge in [-0.3, -0.25) is 4.79 Å². The van der Waals surface area contributed by atoms with Crippen LogP contribution < -0.4 is 24.4 Å². The number of ether oxygens (including phenoxy) is 4. The Morgan fingerprint density at radius 2 is 1.82 bits per heavy atom. The number of nitrogens with zero attached hydrogens (tertiary/aromatic N) is 1. The Labute approximate surface area is 164 Å². The van der Waals surface area contributed by atoms with E-state index in [0.29, 0.717) is 36.2 Å². The van der Waals surface area contributed by atoms with E-state index in [1.165, 1.54) is 13.3 Å². The van der Waals surface area contributed by atoms with Gasteiger partial charge < -0.3 is 18.9 Å². The summed E-state index contributed by atoms with van der Waals surface area (Å²) in [5.74, 6) is 1.87. The zero-order valence-electron chi connectivity index (χ0n) is 16.0. The van der Waals surface area contributed by atoms with Gasteiger partial charge in [-0.1, -0.05) is 24.8 Å². The number of benzene rings is 2. The van der Waals surface area contributed by atoms with Gasteiger partial charge in [-0.25, -0.2) is 5.43 Å². The predicted octanol–water partition coefficient (Wildman–Crippen LogP) is 3.19. The van der Waals surface area contributed by atoms with E-state index in [9.17, 15) is 4.79 Å². The normalized spacial score (nSPS) is 10.4. The SMILES string of the molecule is C=CCOc1ccc(/C=N\NC(=O)COc2ccccc2OC)cc1OCC. The zero-order valence-corrected chi connectivity index (χ0v) is 16.0. The fourth-order valence-corrected chi connectivity index (χ4v) is 2.23. The lowest BCUT2D eigenvalue weighted by Gasteiger charge is -2.11. The monoisotopic (exact) mass is 384 g/mol. The Hall–Kier alpha value is -3.48. The summed E-state index contributed by atoms with van der Waals surface area (Å²) < 4.78 is 21.7. The highest BCUT2D eigenvalue weighted by molar-refractivity contribution is 5.83. The average Bonchev–Trinajstić information content (AvgIpc) is 2.72. The summed E-state index contributed by atoms with van der Waals surface area (Å²) in [6.07, 6.45) is 3.18. The fraction of sp³-hybridized carbons (Fsp3) is 0.238.